The number of hydrogen-bond donors (Lipinski definition) is 0. The smallest absolute Gasteiger partial charge is 0.164 e. The van der Waals surface area contributed by atoms with Crippen molar-refractivity contribution in [2.45, 2.75) is 0 Å². The quantitative estimate of drug-likeness (QED) is 0.166. The molecule has 0 spiro atoms. The predicted octanol–water partition coefficient (Wildman–Crippen LogP) is 13.4. The van der Waals surface area contributed by atoms with Crippen LogP contribution in [0.4, 0.5) is 0 Å². The number of benzene rings is 8. The molecule has 10 rings (SSSR count). The number of hydrogen-bond acceptors (Lipinski definition) is 4. The van der Waals surface area contributed by atoms with Crippen molar-refractivity contribution in [2.75, 3.05) is 0 Å². The molecule has 0 unspecified atom stereocenters. The number of aromatic nitrogens is 3. The van der Waals surface area contributed by atoms with E-state index in [-0.39, 0.29) is 0 Å². The van der Waals surface area contributed by atoms with Crippen LogP contribution in [0.15, 0.2) is 205 Å². The molecular formula is C51H33N3O. The van der Waals surface area contributed by atoms with Crippen molar-refractivity contribution in [2.24, 2.45) is 0 Å². The Kier molecular flexibility index (Phi) is 8.12. The first kappa shape index (κ1) is 32.2. The third-order valence-corrected chi connectivity index (χ3v) is 10.1. The topological polar surface area (TPSA) is 51.8 Å². The van der Waals surface area contributed by atoms with Crippen molar-refractivity contribution >= 4 is 21.9 Å². The highest BCUT2D eigenvalue weighted by Gasteiger charge is 2.19. The molecule has 0 amide bonds. The second-order valence-corrected chi connectivity index (χ2v) is 13.6. The van der Waals surface area contributed by atoms with Crippen LogP contribution >= 0.6 is 0 Å². The molecule has 0 aliphatic rings. The van der Waals surface area contributed by atoms with E-state index < -0.39 is 0 Å². The highest BCUT2D eigenvalue weighted by molar-refractivity contribution is 6.14. The molecular weight excluding hydrogens is 671 g/mol. The molecule has 0 saturated heterocycles. The Morgan fingerprint density at radius 2 is 0.691 bits per heavy atom. The van der Waals surface area contributed by atoms with Gasteiger partial charge in [-0.3, -0.25) is 0 Å². The van der Waals surface area contributed by atoms with E-state index in [1.165, 1.54) is 0 Å². The van der Waals surface area contributed by atoms with Gasteiger partial charge < -0.3 is 4.42 Å². The lowest BCUT2D eigenvalue weighted by molar-refractivity contribution is 0.671. The zero-order chi connectivity index (χ0) is 36.6. The molecule has 0 N–H and O–H groups in total. The molecule has 0 aliphatic carbocycles. The summed E-state index contributed by atoms with van der Waals surface area (Å²) in [6.07, 6.45) is 0. The largest absolute Gasteiger partial charge is 0.455 e. The predicted molar refractivity (Wildman–Crippen MR) is 225 cm³/mol. The second-order valence-electron chi connectivity index (χ2n) is 13.6. The van der Waals surface area contributed by atoms with E-state index in [1.54, 1.807) is 0 Å². The maximum absolute atomic E-state index is 6.92. The SMILES string of the molecule is c1ccc(-c2cccc(-c3nc(-c4ccccc4)nc(-c4cccc(-c5cccc6c5oc5c(-c7ccccc7)cc(-c7ccccc7)cc56)c4)n3)c2)cc1. The zero-order valence-corrected chi connectivity index (χ0v) is 29.8. The molecule has 4 heteroatoms. The van der Waals surface area contributed by atoms with Crippen molar-refractivity contribution < 1.29 is 4.42 Å². The molecule has 0 aliphatic heterocycles. The summed E-state index contributed by atoms with van der Waals surface area (Å²) in [7, 11) is 0. The van der Waals surface area contributed by atoms with Crippen LogP contribution in [-0.4, -0.2) is 15.0 Å². The molecule has 0 atom stereocenters. The Bertz CT molecular complexity index is 2960. The molecule has 0 radical (unpaired) electrons. The monoisotopic (exact) mass is 703 g/mol. The fourth-order valence-corrected chi connectivity index (χ4v) is 7.40. The van der Waals surface area contributed by atoms with E-state index in [4.69, 9.17) is 19.4 Å². The standard InChI is InChI=1S/C51H33N3O/c1-5-16-34(17-6-1)38-24-13-26-40(30-38)50-52-49(37-22-11-4-12-23-37)53-51(54-50)41-27-14-25-39(31-41)43-28-15-29-44-46-33-42(35-18-7-2-8-19-35)32-45(48(46)55-47(43)44)36-20-9-3-10-21-36/h1-33H. The lowest BCUT2D eigenvalue weighted by atomic mass is 9.95. The summed E-state index contributed by atoms with van der Waals surface area (Å²) in [5.74, 6) is 1.85. The van der Waals surface area contributed by atoms with Gasteiger partial charge in [0.25, 0.3) is 0 Å². The van der Waals surface area contributed by atoms with Crippen LogP contribution in [0, 0.1) is 0 Å². The molecule has 55 heavy (non-hydrogen) atoms. The lowest BCUT2D eigenvalue weighted by Gasteiger charge is -2.11. The normalized spacial score (nSPS) is 11.3. The summed E-state index contributed by atoms with van der Waals surface area (Å²) in [4.78, 5) is 15.2. The maximum Gasteiger partial charge on any atom is 0.164 e. The van der Waals surface area contributed by atoms with Crippen molar-refractivity contribution in [3.8, 4) is 78.7 Å². The molecule has 258 valence electrons. The lowest BCUT2D eigenvalue weighted by Crippen LogP contribution is -2.00. The van der Waals surface area contributed by atoms with Crippen molar-refractivity contribution in [3.63, 3.8) is 0 Å². The minimum Gasteiger partial charge on any atom is -0.455 e. The van der Waals surface area contributed by atoms with Crippen molar-refractivity contribution in [1.29, 1.82) is 0 Å². The number of furan rings is 1. The average Bonchev–Trinajstić information content (AvgIpc) is 3.66. The minimum absolute atomic E-state index is 0.603. The summed E-state index contributed by atoms with van der Waals surface area (Å²) < 4.78 is 6.92. The molecule has 2 heterocycles. The second kappa shape index (κ2) is 13.8. The third kappa shape index (κ3) is 6.16. The summed E-state index contributed by atoms with van der Waals surface area (Å²) in [6.45, 7) is 0. The third-order valence-electron chi connectivity index (χ3n) is 10.1. The van der Waals surface area contributed by atoms with Gasteiger partial charge in [-0.2, -0.15) is 0 Å². The van der Waals surface area contributed by atoms with E-state index in [0.717, 1.165) is 83.1 Å². The van der Waals surface area contributed by atoms with E-state index in [1.807, 2.05) is 42.5 Å². The van der Waals surface area contributed by atoms with Gasteiger partial charge in [0, 0.05) is 38.6 Å². The fourth-order valence-electron chi connectivity index (χ4n) is 7.40. The first-order chi connectivity index (χ1) is 27.2. The van der Waals surface area contributed by atoms with Gasteiger partial charge in [-0.05, 0) is 57.6 Å². The van der Waals surface area contributed by atoms with Crippen LogP contribution in [-0.2, 0) is 0 Å². The molecule has 10 aromatic rings. The fraction of sp³-hybridized carbons (Fsp3) is 0. The van der Waals surface area contributed by atoms with E-state index in [9.17, 15) is 0 Å². The number of para-hydroxylation sites is 1. The van der Waals surface area contributed by atoms with E-state index in [0.29, 0.717) is 17.5 Å². The van der Waals surface area contributed by atoms with E-state index in [2.05, 4.69) is 158 Å². The Labute approximate surface area is 319 Å². The molecule has 2 aromatic heterocycles. The van der Waals surface area contributed by atoms with Crippen molar-refractivity contribution in [1.82, 2.24) is 15.0 Å². The summed E-state index contributed by atoms with van der Waals surface area (Å²) in [5, 5.41) is 2.15. The van der Waals surface area contributed by atoms with Crippen LogP contribution in [0.1, 0.15) is 0 Å². The van der Waals surface area contributed by atoms with Gasteiger partial charge in [0.1, 0.15) is 11.2 Å². The van der Waals surface area contributed by atoms with Gasteiger partial charge >= 0.3 is 0 Å². The molecule has 0 saturated carbocycles. The Morgan fingerprint density at radius 3 is 1.31 bits per heavy atom. The van der Waals surface area contributed by atoms with E-state index >= 15 is 0 Å². The van der Waals surface area contributed by atoms with Gasteiger partial charge in [-0.25, -0.2) is 15.0 Å². The van der Waals surface area contributed by atoms with Crippen LogP contribution in [0.3, 0.4) is 0 Å². The molecule has 8 aromatic carbocycles. The molecule has 4 nitrogen and oxygen atoms in total. The number of nitrogens with zero attached hydrogens (tertiary/aromatic N) is 3. The Balaban J connectivity index is 1.12. The minimum atomic E-state index is 0.603. The number of rotatable bonds is 7. The van der Waals surface area contributed by atoms with Crippen LogP contribution in [0.5, 0.6) is 0 Å². The van der Waals surface area contributed by atoms with Gasteiger partial charge in [-0.1, -0.05) is 176 Å². The van der Waals surface area contributed by atoms with Crippen LogP contribution in [0.2, 0.25) is 0 Å². The molecule has 0 fully saturated rings. The Hall–Kier alpha value is -7.43. The highest BCUT2D eigenvalue weighted by Crippen LogP contribution is 2.43. The maximum atomic E-state index is 6.92. The summed E-state index contributed by atoms with van der Waals surface area (Å²) in [5.41, 5.74) is 13.2. The first-order valence-corrected chi connectivity index (χ1v) is 18.4. The average molecular weight is 704 g/mol. The van der Waals surface area contributed by atoms with Crippen LogP contribution < -0.4 is 0 Å². The van der Waals surface area contributed by atoms with Gasteiger partial charge in [0.15, 0.2) is 17.5 Å². The van der Waals surface area contributed by atoms with Gasteiger partial charge in [-0.15, -0.1) is 0 Å². The first-order valence-electron chi connectivity index (χ1n) is 18.4. The van der Waals surface area contributed by atoms with Crippen LogP contribution in [0.25, 0.3) is 101 Å². The highest BCUT2D eigenvalue weighted by atomic mass is 16.3. The zero-order valence-electron chi connectivity index (χ0n) is 29.8. The summed E-state index contributed by atoms with van der Waals surface area (Å²) >= 11 is 0. The Morgan fingerprint density at radius 1 is 0.255 bits per heavy atom. The van der Waals surface area contributed by atoms with Gasteiger partial charge in [0.05, 0.1) is 0 Å². The van der Waals surface area contributed by atoms with Gasteiger partial charge in [0.2, 0.25) is 0 Å². The number of fused-ring (bicyclic) bond motifs is 3. The molecule has 0 bridgehead atoms. The summed E-state index contributed by atoms with van der Waals surface area (Å²) in [6, 6.07) is 69.2. The van der Waals surface area contributed by atoms with Crippen molar-refractivity contribution in [3.05, 3.63) is 200 Å².